The summed E-state index contributed by atoms with van der Waals surface area (Å²) in [6.07, 6.45) is 5.85. The maximum atomic E-state index is 12.7. The third-order valence-electron chi connectivity index (χ3n) is 5.68. The van der Waals surface area contributed by atoms with Gasteiger partial charge in [-0.25, -0.2) is 9.67 Å². The van der Waals surface area contributed by atoms with E-state index in [-0.39, 0.29) is 5.91 Å². The smallest absolute Gasteiger partial charge is 0.255 e. The van der Waals surface area contributed by atoms with Crippen LogP contribution in [-0.2, 0) is 6.54 Å². The van der Waals surface area contributed by atoms with Gasteiger partial charge in [0, 0.05) is 30.9 Å². The number of amides is 1. The van der Waals surface area contributed by atoms with E-state index < -0.39 is 0 Å². The highest BCUT2D eigenvalue weighted by Gasteiger charge is 2.17. The molecule has 1 amide bonds. The molecule has 0 bridgehead atoms. The van der Waals surface area contributed by atoms with Gasteiger partial charge in [0.05, 0.1) is 23.1 Å². The van der Waals surface area contributed by atoms with Gasteiger partial charge in [0.1, 0.15) is 5.82 Å². The van der Waals surface area contributed by atoms with E-state index in [9.17, 15) is 4.79 Å². The van der Waals surface area contributed by atoms with Crippen LogP contribution in [0.15, 0.2) is 48.8 Å². The zero-order chi connectivity index (χ0) is 21.1. The van der Waals surface area contributed by atoms with Crippen LogP contribution in [0.5, 0.6) is 0 Å². The Balaban J connectivity index is 1.38. The fraction of sp³-hybridized carbons (Fsp3) is 0.348. The Morgan fingerprint density at radius 2 is 2.00 bits per heavy atom. The van der Waals surface area contributed by atoms with Crippen molar-refractivity contribution >= 4 is 23.3 Å². The second-order valence-electron chi connectivity index (χ2n) is 7.91. The third kappa shape index (κ3) is 4.49. The molecule has 0 radical (unpaired) electrons. The molecule has 3 heterocycles. The molecule has 1 aliphatic rings. The number of anilines is 1. The van der Waals surface area contributed by atoms with Gasteiger partial charge in [0.2, 0.25) is 0 Å². The Morgan fingerprint density at radius 3 is 2.70 bits per heavy atom. The monoisotopic (exact) mass is 423 g/mol. The lowest BCUT2D eigenvalue weighted by Gasteiger charge is -2.31. The maximum Gasteiger partial charge on any atom is 0.255 e. The van der Waals surface area contributed by atoms with Gasteiger partial charge in [-0.3, -0.25) is 4.79 Å². The Bertz CT molecular complexity index is 1020. The molecule has 6 nitrogen and oxygen atoms in total. The van der Waals surface area contributed by atoms with E-state index in [1.165, 1.54) is 12.8 Å². The summed E-state index contributed by atoms with van der Waals surface area (Å²) in [6.45, 7) is 6.71. The summed E-state index contributed by atoms with van der Waals surface area (Å²) >= 11 is 6.07. The van der Waals surface area contributed by atoms with Crippen molar-refractivity contribution in [3.05, 3.63) is 70.6 Å². The van der Waals surface area contributed by atoms with Crippen LogP contribution in [0.3, 0.4) is 0 Å². The molecular formula is C23H26ClN5O. The van der Waals surface area contributed by atoms with Crippen molar-refractivity contribution < 1.29 is 4.79 Å². The third-order valence-corrected chi connectivity index (χ3v) is 5.91. The largest absolute Gasteiger partial charge is 0.357 e. The van der Waals surface area contributed by atoms with Gasteiger partial charge in [-0.15, -0.1) is 0 Å². The van der Waals surface area contributed by atoms with Crippen LogP contribution in [0.4, 0.5) is 5.82 Å². The predicted octanol–water partition coefficient (Wildman–Crippen LogP) is 4.40. The summed E-state index contributed by atoms with van der Waals surface area (Å²) in [7, 11) is 0. The lowest BCUT2D eigenvalue weighted by atomic mass is 9.99. The Morgan fingerprint density at radius 1 is 1.20 bits per heavy atom. The maximum absolute atomic E-state index is 12.7. The van der Waals surface area contributed by atoms with Crippen molar-refractivity contribution in [2.45, 2.75) is 33.2 Å². The first kappa shape index (κ1) is 20.4. The van der Waals surface area contributed by atoms with Crippen molar-refractivity contribution in [2.24, 2.45) is 5.92 Å². The molecule has 0 spiro atoms. The van der Waals surface area contributed by atoms with E-state index in [0.29, 0.717) is 17.1 Å². The predicted molar refractivity (Wildman–Crippen MR) is 119 cm³/mol. The van der Waals surface area contributed by atoms with Crippen LogP contribution in [0.1, 0.15) is 41.4 Å². The SMILES string of the molecule is Cc1c(C(=O)NCc2ccc(N3CCC(C)CC3)nc2)cnn1-c1cccc(Cl)c1. The fourth-order valence-electron chi connectivity index (χ4n) is 3.72. The van der Waals surface area contributed by atoms with E-state index in [0.717, 1.165) is 41.8 Å². The standard InChI is InChI=1S/C23H26ClN5O/c1-16-8-10-28(11-9-16)22-7-6-18(13-25-22)14-26-23(30)21-15-27-29(17(21)2)20-5-3-4-19(24)12-20/h3-7,12-13,15-16H,8-11,14H2,1-2H3,(H,26,30). The van der Waals surface area contributed by atoms with Crippen molar-refractivity contribution in [3.8, 4) is 5.69 Å². The van der Waals surface area contributed by atoms with Crippen molar-refractivity contribution in [3.63, 3.8) is 0 Å². The molecular weight excluding hydrogens is 398 g/mol. The molecule has 156 valence electrons. The molecule has 4 rings (SSSR count). The average Bonchev–Trinajstić information content (AvgIpc) is 3.14. The highest BCUT2D eigenvalue weighted by molar-refractivity contribution is 6.30. The topological polar surface area (TPSA) is 63.1 Å². The normalized spacial score (nSPS) is 14.7. The summed E-state index contributed by atoms with van der Waals surface area (Å²) < 4.78 is 1.72. The van der Waals surface area contributed by atoms with Gasteiger partial charge >= 0.3 is 0 Å². The Labute approximate surface area is 181 Å². The number of hydrogen-bond donors (Lipinski definition) is 1. The quantitative estimate of drug-likeness (QED) is 0.660. The zero-order valence-electron chi connectivity index (χ0n) is 17.3. The molecule has 1 saturated heterocycles. The van der Waals surface area contributed by atoms with Gasteiger partial charge in [0.25, 0.3) is 5.91 Å². The number of hydrogen-bond acceptors (Lipinski definition) is 4. The van der Waals surface area contributed by atoms with Crippen molar-refractivity contribution in [2.75, 3.05) is 18.0 Å². The van der Waals surface area contributed by atoms with Gasteiger partial charge in [0.15, 0.2) is 0 Å². The van der Waals surface area contributed by atoms with E-state index in [1.54, 1.807) is 10.9 Å². The second kappa shape index (κ2) is 8.88. The number of carbonyl (C=O) groups is 1. The number of benzene rings is 1. The highest BCUT2D eigenvalue weighted by atomic mass is 35.5. The van der Waals surface area contributed by atoms with Gasteiger partial charge < -0.3 is 10.2 Å². The van der Waals surface area contributed by atoms with Gasteiger partial charge in [-0.2, -0.15) is 5.10 Å². The number of halogens is 1. The van der Waals surface area contributed by atoms with Gasteiger partial charge in [-0.05, 0) is 55.5 Å². The highest BCUT2D eigenvalue weighted by Crippen LogP contribution is 2.21. The second-order valence-corrected chi connectivity index (χ2v) is 8.35. The van der Waals surface area contributed by atoms with E-state index in [4.69, 9.17) is 11.6 Å². The summed E-state index contributed by atoms with van der Waals surface area (Å²) in [5.74, 6) is 1.65. The summed E-state index contributed by atoms with van der Waals surface area (Å²) in [5.41, 5.74) is 3.10. The Hall–Kier alpha value is -2.86. The Kier molecular flexibility index (Phi) is 6.04. The van der Waals surface area contributed by atoms with Crippen LogP contribution < -0.4 is 10.2 Å². The number of piperidine rings is 1. The minimum absolute atomic E-state index is 0.158. The molecule has 2 aromatic heterocycles. The van der Waals surface area contributed by atoms with E-state index in [2.05, 4.69) is 27.2 Å². The van der Waals surface area contributed by atoms with Crippen LogP contribution in [0.2, 0.25) is 5.02 Å². The molecule has 1 N–H and O–H groups in total. The summed E-state index contributed by atoms with van der Waals surface area (Å²) in [5, 5.41) is 7.94. The molecule has 0 unspecified atom stereocenters. The van der Waals surface area contributed by atoms with Crippen LogP contribution >= 0.6 is 11.6 Å². The molecule has 1 aromatic carbocycles. The van der Waals surface area contributed by atoms with E-state index >= 15 is 0 Å². The average molecular weight is 424 g/mol. The minimum atomic E-state index is -0.158. The number of nitrogens with one attached hydrogen (secondary N) is 1. The fourth-order valence-corrected chi connectivity index (χ4v) is 3.91. The molecule has 1 aliphatic heterocycles. The molecule has 30 heavy (non-hydrogen) atoms. The molecule has 0 aliphatic carbocycles. The molecule has 1 fully saturated rings. The minimum Gasteiger partial charge on any atom is -0.357 e. The van der Waals surface area contributed by atoms with E-state index in [1.807, 2.05) is 49.5 Å². The summed E-state index contributed by atoms with van der Waals surface area (Å²) in [4.78, 5) is 19.6. The number of pyridine rings is 1. The number of nitrogens with zero attached hydrogens (tertiary/aromatic N) is 4. The summed E-state index contributed by atoms with van der Waals surface area (Å²) in [6, 6.07) is 11.5. The molecule has 0 saturated carbocycles. The molecule has 7 heteroatoms. The molecule has 3 aromatic rings. The number of carbonyl (C=O) groups excluding carboxylic acids is 1. The first-order valence-electron chi connectivity index (χ1n) is 10.3. The van der Waals surface area contributed by atoms with Crippen molar-refractivity contribution in [1.29, 1.82) is 0 Å². The number of aromatic nitrogens is 3. The van der Waals surface area contributed by atoms with Gasteiger partial charge in [-0.1, -0.05) is 30.7 Å². The number of rotatable bonds is 5. The lowest BCUT2D eigenvalue weighted by molar-refractivity contribution is 0.0950. The first-order chi connectivity index (χ1) is 14.5. The van der Waals surface area contributed by atoms with Crippen molar-refractivity contribution in [1.82, 2.24) is 20.1 Å². The first-order valence-corrected chi connectivity index (χ1v) is 10.7. The zero-order valence-corrected chi connectivity index (χ0v) is 18.1. The molecule has 0 atom stereocenters. The van der Waals surface area contributed by atoms with Crippen LogP contribution in [0, 0.1) is 12.8 Å². The lowest BCUT2D eigenvalue weighted by Crippen LogP contribution is -2.33. The van der Waals surface area contributed by atoms with Crippen LogP contribution in [0.25, 0.3) is 5.69 Å². The van der Waals surface area contributed by atoms with Crippen LogP contribution in [-0.4, -0.2) is 33.8 Å².